The number of hydrogen-bond donors (Lipinski definition) is 1. The number of ether oxygens (including phenoxy) is 2. The summed E-state index contributed by atoms with van der Waals surface area (Å²) in [7, 11) is 1.60. The minimum Gasteiger partial charge on any atom is -0.497 e. The van der Waals surface area contributed by atoms with Gasteiger partial charge in [0.2, 0.25) is 5.91 Å². The average Bonchev–Trinajstić information content (AvgIpc) is 3.31. The van der Waals surface area contributed by atoms with E-state index in [1.165, 1.54) is 0 Å². The Bertz CT molecular complexity index is 1540. The molecule has 1 saturated heterocycles. The van der Waals surface area contributed by atoms with Gasteiger partial charge in [0, 0.05) is 42.3 Å². The minimum atomic E-state index is -0.910. The first-order valence-corrected chi connectivity index (χ1v) is 15.3. The largest absolute Gasteiger partial charge is 0.497 e. The molecule has 5 rings (SSSR count). The first-order valence-electron chi connectivity index (χ1n) is 14.6. The summed E-state index contributed by atoms with van der Waals surface area (Å²) < 4.78 is 11.8. The highest BCUT2D eigenvalue weighted by Crippen LogP contribution is 2.50. The van der Waals surface area contributed by atoms with E-state index in [-0.39, 0.29) is 18.7 Å². The zero-order valence-electron chi connectivity index (χ0n) is 25.3. The molecule has 2 N–H and O–H groups in total. The van der Waals surface area contributed by atoms with E-state index < -0.39 is 17.5 Å². The number of methoxy groups -OCH3 is 1. The van der Waals surface area contributed by atoms with Crippen molar-refractivity contribution in [3.8, 4) is 11.5 Å². The molecule has 2 heterocycles. The number of amidine groups is 1. The molecular formula is C33H37Cl2N5O4. The Labute approximate surface area is 268 Å². The van der Waals surface area contributed by atoms with E-state index in [2.05, 4.69) is 0 Å². The van der Waals surface area contributed by atoms with Crippen molar-refractivity contribution in [2.45, 2.75) is 38.5 Å². The van der Waals surface area contributed by atoms with Crippen LogP contribution in [0.1, 0.15) is 43.5 Å². The number of urea groups is 1. The van der Waals surface area contributed by atoms with Gasteiger partial charge in [0.15, 0.2) is 0 Å². The number of hydrogen-bond acceptors (Lipinski definition) is 6. The topological polar surface area (TPSA) is 101 Å². The molecular weight excluding hydrogens is 601 g/mol. The van der Waals surface area contributed by atoms with Crippen molar-refractivity contribution in [2.24, 2.45) is 10.7 Å². The molecule has 44 heavy (non-hydrogen) atoms. The number of primary amides is 1. The van der Waals surface area contributed by atoms with Gasteiger partial charge < -0.3 is 20.1 Å². The van der Waals surface area contributed by atoms with E-state index in [1.54, 1.807) is 16.9 Å². The lowest BCUT2D eigenvalue weighted by Gasteiger charge is -2.40. The number of carbonyl (C=O) groups excluding carboxylic acids is 2. The van der Waals surface area contributed by atoms with Crippen molar-refractivity contribution in [3.63, 3.8) is 0 Å². The molecule has 11 heteroatoms. The number of halogens is 2. The number of nitrogens with two attached hydrogens (primary N) is 1. The molecule has 9 nitrogen and oxygen atoms in total. The van der Waals surface area contributed by atoms with Crippen LogP contribution in [0.4, 0.5) is 4.79 Å². The van der Waals surface area contributed by atoms with Crippen molar-refractivity contribution < 1.29 is 19.1 Å². The first kappa shape index (κ1) is 31.6. The maximum absolute atomic E-state index is 14.7. The van der Waals surface area contributed by atoms with Crippen LogP contribution in [-0.2, 0) is 10.3 Å². The molecule has 0 aromatic heterocycles. The van der Waals surface area contributed by atoms with Crippen molar-refractivity contribution in [1.29, 1.82) is 0 Å². The first-order chi connectivity index (χ1) is 21.0. The molecule has 3 amide bonds. The minimum absolute atomic E-state index is 0.139. The van der Waals surface area contributed by atoms with Gasteiger partial charge in [-0.25, -0.2) is 4.79 Å². The number of piperazine rings is 1. The normalized spacial score (nSPS) is 20.5. The second kappa shape index (κ2) is 13.1. The fourth-order valence-corrected chi connectivity index (χ4v) is 6.12. The molecule has 232 valence electrons. The van der Waals surface area contributed by atoms with Crippen molar-refractivity contribution in [2.75, 3.05) is 39.8 Å². The van der Waals surface area contributed by atoms with Gasteiger partial charge in [-0.3, -0.25) is 19.6 Å². The van der Waals surface area contributed by atoms with Crippen LogP contribution in [0, 0.1) is 0 Å². The number of carbonyl (C=O) groups is 2. The Balaban J connectivity index is 1.68. The van der Waals surface area contributed by atoms with Crippen LogP contribution < -0.4 is 15.2 Å². The van der Waals surface area contributed by atoms with Gasteiger partial charge in [-0.2, -0.15) is 0 Å². The van der Waals surface area contributed by atoms with Crippen LogP contribution in [0.2, 0.25) is 10.0 Å². The summed E-state index contributed by atoms with van der Waals surface area (Å²) in [6, 6.07) is 19.9. The van der Waals surface area contributed by atoms with Gasteiger partial charge in [-0.1, -0.05) is 47.5 Å². The Morgan fingerprint density at radius 2 is 1.59 bits per heavy atom. The maximum atomic E-state index is 14.7. The smallest absolute Gasteiger partial charge is 0.326 e. The van der Waals surface area contributed by atoms with Crippen LogP contribution in [-0.4, -0.2) is 78.4 Å². The van der Waals surface area contributed by atoms with E-state index in [9.17, 15) is 9.59 Å². The number of rotatable bonds is 8. The average molecular weight is 639 g/mol. The summed E-state index contributed by atoms with van der Waals surface area (Å²) in [5.41, 5.74) is 6.94. The van der Waals surface area contributed by atoms with Crippen molar-refractivity contribution in [3.05, 3.63) is 93.5 Å². The van der Waals surface area contributed by atoms with E-state index in [1.807, 2.05) is 92.4 Å². The van der Waals surface area contributed by atoms with Crippen LogP contribution in [0.25, 0.3) is 0 Å². The molecule has 1 fully saturated rings. The summed E-state index contributed by atoms with van der Waals surface area (Å²) in [5, 5.41) is 1.19. The van der Waals surface area contributed by atoms with E-state index in [0.717, 1.165) is 11.1 Å². The van der Waals surface area contributed by atoms with Crippen LogP contribution in [0.3, 0.4) is 0 Å². The summed E-state index contributed by atoms with van der Waals surface area (Å²) in [6.07, 6.45) is -0.139. The summed E-state index contributed by atoms with van der Waals surface area (Å²) in [5.74, 6) is 1.27. The summed E-state index contributed by atoms with van der Waals surface area (Å²) >= 11 is 12.6. The van der Waals surface area contributed by atoms with Gasteiger partial charge in [-0.15, -0.1) is 0 Å². The predicted molar refractivity (Wildman–Crippen MR) is 173 cm³/mol. The van der Waals surface area contributed by atoms with Gasteiger partial charge in [0.1, 0.15) is 22.9 Å². The third-order valence-electron chi connectivity index (χ3n) is 7.99. The number of aliphatic imine (C=N–C) groups is 1. The number of amides is 3. The molecule has 0 radical (unpaired) electrons. The highest BCUT2D eigenvalue weighted by molar-refractivity contribution is 6.30. The Morgan fingerprint density at radius 3 is 2.16 bits per heavy atom. The van der Waals surface area contributed by atoms with E-state index in [0.29, 0.717) is 59.1 Å². The van der Waals surface area contributed by atoms with E-state index in [4.69, 9.17) is 43.4 Å². The van der Waals surface area contributed by atoms with Gasteiger partial charge in [-0.05, 0) is 68.3 Å². The third kappa shape index (κ3) is 6.50. The molecule has 3 aromatic carbocycles. The second-order valence-corrected chi connectivity index (χ2v) is 12.3. The van der Waals surface area contributed by atoms with Gasteiger partial charge >= 0.3 is 6.03 Å². The molecule has 2 aliphatic heterocycles. The lowest BCUT2D eigenvalue weighted by molar-refractivity contribution is -0.119. The highest BCUT2D eigenvalue weighted by Gasteiger charge is 2.51. The number of nitrogens with zero attached hydrogens (tertiary/aromatic N) is 4. The fourth-order valence-electron chi connectivity index (χ4n) is 5.86. The predicted octanol–water partition coefficient (Wildman–Crippen LogP) is 5.73. The second-order valence-electron chi connectivity index (χ2n) is 11.5. The van der Waals surface area contributed by atoms with Crippen molar-refractivity contribution >= 4 is 41.0 Å². The summed E-state index contributed by atoms with van der Waals surface area (Å²) in [6.45, 7) is 7.99. The van der Waals surface area contributed by atoms with Gasteiger partial charge in [0.05, 0.1) is 31.4 Å². The fraction of sp³-hybridized carbons (Fsp3) is 0.364. The Kier molecular flexibility index (Phi) is 9.39. The van der Waals surface area contributed by atoms with Crippen LogP contribution >= 0.6 is 23.2 Å². The molecule has 0 aliphatic carbocycles. The van der Waals surface area contributed by atoms with Crippen molar-refractivity contribution in [1.82, 2.24) is 14.7 Å². The zero-order chi connectivity index (χ0) is 31.6. The molecule has 0 bridgehead atoms. The number of benzene rings is 3. The molecule has 0 saturated carbocycles. The Hall–Kier alpha value is -3.79. The molecule has 2 unspecified atom stereocenters. The maximum Gasteiger partial charge on any atom is 0.326 e. The van der Waals surface area contributed by atoms with Gasteiger partial charge in [0.25, 0.3) is 0 Å². The van der Waals surface area contributed by atoms with E-state index >= 15 is 0 Å². The standard InChI is InChI=1S/C33H37Cl2N5O4/c1-21(2)44-28-19-26(43-4)13-14-27(28)31-37-33(3,23-7-11-25(35)12-8-23)30(22-5-9-24(34)10-6-22)40(31)32(42)39-17-15-38(16-18-39)20-29(36)41/h5-14,19,21,30H,15-18,20H2,1-4H3,(H2,36,41). The molecule has 0 spiro atoms. The Morgan fingerprint density at radius 1 is 0.977 bits per heavy atom. The molecule has 2 aliphatic rings. The zero-order valence-corrected chi connectivity index (χ0v) is 26.8. The molecule has 2 atom stereocenters. The van der Waals surface area contributed by atoms with Crippen LogP contribution in [0.5, 0.6) is 11.5 Å². The third-order valence-corrected chi connectivity index (χ3v) is 8.50. The summed E-state index contributed by atoms with van der Waals surface area (Å²) in [4.78, 5) is 37.2. The monoisotopic (exact) mass is 637 g/mol. The SMILES string of the molecule is COc1ccc(C2=NC(C)(c3ccc(Cl)cc3)C(c3ccc(Cl)cc3)N2C(=O)N2CCN(CC(N)=O)CC2)c(OC(C)C)c1. The lowest BCUT2D eigenvalue weighted by atomic mass is 9.81. The quantitative estimate of drug-likeness (QED) is 0.340. The molecule has 3 aromatic rings. The highest BCUT2D eigenvalue weighted by atomic mass is 35.5. The van der Waals surface area contributed by atoms with Crippen LogP contribution in [0.15, 0.2) is 71.7 Å². The lowest BCUT2D eigenvalue weighted by Crippen LogP contribution is -2.55.